The Labute approximate surface area is 255 Å². The maximum Gasteiger partial charge on any atom is 0.333 e. The molecular weight excluding hydrogens is 586 g/mol. The van der Waals surface area contributed by atoms with E-state index < -0.39 is 12.1 Å². The first kappa shape index (κ1) is 33.0. The summed E-state index contributed by atoms with van der Waals surface area (Å²) in [6, 6.07) is 17.8. The summed E-state index contributed by atoms with van der Waals surface area (Å²) in [6.07, 6.45) is 0.710. The highest BCUT2D eigenvalue weighted by atomic mass is 35.5. The molecular formula is C31H35Cl2FN2O6. The van der Waals surface area contributed by atoms with E-state index in [1.165, 1.54) is 12.1 Å². The van der Waals surface area contributed by atoms with Crippen LogP contribution in [0.15, 0.2) is 66.7 Å². The summed E-state index contributed by atoms with van der Waals surface area (Å²) >= 11 is 12.0. The molecule has 11 heteroatoms. The van der Waals surface area contributed by atoms with Crippen LogP contribution in [0.3, 0.4) is 0 Å². The van der Waals surface area contributed by atoms with Crippen LogP contribution in [0.2, 0.25) is 10.0 Å². The number of hydrogen-bond donors (Lipinski definition) is 2. The number of carbonyl (C=O) groups is 2. The highest BCUT2D eigenvalue weighted by molar-refractivity contribution is 6.34. The van der Waals surface area contributed by atoms with Gasteiger partial charge in [0.1, 0.15) is 23.9 Å². The number of halogens is 3. The largest absolute Gasteiger partial charge is 0.493 e. The number of ether oxygens (including phenoxy) is 3. The molecule has 0 saturated heterocycles. The first-order valence-corrected chi connectivity index (χ1v) is 14.4. The van der Waals surface area contributed by atoms with Crippen molar-refractivity contribution in [1.82, 2.24) is 10.2 Å². The van der Waals surface area contributed by atoms with Crippen LogP contribution in [0.4, 0.5) is 9.18 Å². The zero-order chi connectivity index (χ0) is 30.3. The Morgan fingerprint density at radius 1 is 0.881 bits per heavy atom. The number of amides is 2. The van der Waals surface area contributed by atoms with Crippen LogP contribution < -0.4 is 14.8 Å². The fourth-order valence-corrected chi connectivity index (χ4v) is 4.55. The highest BCUT2D eigenvalue weighted by Crippen LogP contribution is 2.24. The van der Waals surface area contributed by atoms with Crippen LogP contribution in [0.5, 0.6) is 11.5 Å². The fraction of sp³-hybridized carbons (Fsp3) is 0.355. The van der Waals surface area contributed by atoms with Gasteiger partial charge in [0.05, 0.1) is 13.2 Å². The summed E-state index contributed by atoms with van der Waals surface area (Å²) < 4.78 is 30.1. The Balaban J connectivity index is 1.51. The average molecular weight is 622 g/mol. The van der Waals surface area contributed by atoms with Gasteiger partial charge in [-0.05, 0) is 73.4 Å². The van der Waals surface area contributed by atoms with Crippen molar-refractivity contribution >= 4 is 35.2 Å². The van der Waals surface area contributed by atoms with Crippen LogP contribution in [0.25, 0.3) is 0 Å². The summed E-state index contributed by atoms with van der Waals surface area (Å²) in [5.74, 6) is -0.162. The molecule has 3 aromatic rings. The summed E-state index contributed by atoms with van der Waals surface area (Å²) in [5.41, 5.74) is 1.59. The van der Waals surface area contributed by atoms with Crippen LogP contribution in [-0.2, 0) is 22.5 Å². The van der Waals surface area contributed by atoms with Crippen LogP contribution in [0, 0.1) is 5.82 Å². The maximum atomic E-state index is 13.2. The topological polar surface area (TPSA) is 97.3 Å². The second-order valence-electron chi connectivity index (χ2n) is 9.41. The second kappa shape index (κ2) is 17.4. The lowest BCUT2D eigenvalue weighted by atomic mass is 10.1. The molecule has 0 radical (unpaired) electrons. The van der Waals surface area contributed by atoms with E-state index in [0.717, 1.165) is 11.1 Å². The van der Waals surface area contributed by atoms with Gasteiger partial charge < -0.3 is 29.5 Å². The fourth-order valence-electron chi connectivity index (χ4n) is 4.04. The molecule has 8 nitrogen and oxygen atoms in total. The maximum absolute atomic E-state index is 13.2. The quantitative estimate of drug-likeness (QED) is 0.165. The monoisotopic (exact) mass is 620 g/mol. The predicted molar refractivity (Wildman–Crippen MR) is 160 cm³/mol. The van der Waals surface area contributed by atoms with Crippen molar-refractivity contribution in [3.63, 3.8) is 0 Å². The van der Waals surface area contributed by atoms with Gasteiger partial charge in [-0.25, -0.2) is 14.0 Å². The van der Waals surface area contributed by atoms with E-state index in [1.54, 1.807) is 66.4 Å². The van der Waals surface area contributed by atoms with Crippen molar-refractivity contribution in [1.29, 1.82) is 0 Å². The molecule has 226 valence electrons. The number of aliphatic carboxylic acids is 1. The number of rotatable bonds is 17. The number of carbonyl (C=O) groups excluding carboxylic acids is 1. The van der Waals surface area contributed by atoms with Crippen molar-refractivity contribution in [2.45, 2.75) is 38.8 Å². The molecule has 2 N–H and O–H groups in total. The van der Waals surface area contributed by atoms with Crippen molar-refractivity contribution in [3.8, 4) is 11.5 Å². The molecule has 0 aromatic heterocycles. The van der Waals surface area contributed by atoms with Gasteiger partial charge in [-0.1, -0.05) is 47.5 Å². The lowest BCUT2D eigenvalue weighted by Crippen LogP contribution is -2.42. The van der Waals surface area contributed by atoms with Crippen molar-refractivity contribution in [3.05, 3.63) is 93.7 Å². The molecule has 0 fully saturated rings. The number of nitrogens with zero attached hydrogens (tertiary/aromatic N) is 1. The third kappa shape index (κ3) is 11.8. The molecule has 0 heterocycles. The summed E-state index contributed by atoms with van der Waals surface area (Å²) in [7, 11) is 0. The smallest absolute Gasteiger partial charge is 0.333 e. The zero-order valence-electron chi connectivity index (χ0n) is 23.4. The number of urea groups is 1. The number of hydrogen-bond acceptors (Lipinski definition) is 5. The number of benzene rings is 3. The van der Waals surface area contributed by atoms with Gasteiger partial charge in [-0.15, -0.1) is 0 Å². The Morgan fingerprint density at radius 2 is 1.52 bits per heavy atom. The van der Waals surface area contributed by atoms with E-state index in [4.69, 9.17) is 37.4 Å². The third-order valence-corrected chi connectivity index (χ3v) is 6.63. The van der Waals surface area contributed by atoms with Crippen LogP contribution >= 0.6 is 23.2 Å². The molecule has 1 atom stereocenters. The lowest BCUT2D eigenvalue weighted by molar-refractivity contribution is -0.149. The van der Waals surface area contributed by atoms with Crippen molar-refractivity contribution in [2.24, 2.45) is 0 Å². The Bertz CT molecular complexity index is 1260. The molecule has 3 rings (SSSR count). The first-order valence-electron chi connectivity index (χ1n) is 13.7. The number of carboxylic acid groups (broad SMARTS) is 1. The molecule has 0 aliphatic rings. The van der Waals surface area contributed by atoms with Gasteiger partial charge >= 0.3 is 12.0 Å². The molecule has 2 amide bonds. The Hall–Kier alpha value is -3.53. The zero-order valence-corrected chi connectivity index (χ0v) is 24.9. The highest BCUT2D eigenvalue weighted by Gasteiger charge is 2.18. The molecule has 3 aromatic carbocycles. The summed E-state index contributed by atoms with van der Waals surface area (Å²) in [4.78, 5) is 26.0. The molecule has 1 unspecified atom stereocenters. The minimum atomic E-state index is -1.00. The van der Waals surface area contributed by atoms with E-state index in [0.29, 0.717) is 60.7 Å². The number of nitrogens with one attached hydrogen (secondary N) is 1. The number of unbranched alkanes of at least 4 members (excludes halogenated alkanes) is 1. The van der Waals surface area contributed by atoms with Gasteiger partial charge in [-0.2, -0.15) is 0 Å². The van der Waals surface area contributed by atoms with Gasteiger partial charge in [-0.3, -0.25) is 0 Å². The minimum absolute atomic E-state index is 0.248. The van der Waals surface area contributed by atoms with E-state index in [-0.39, 0.29) is 31.4 Å². The van der Waals surface area contributed by atoms with Gasteiger partial charge in [0.25, 0.3) is 0 Å². The Morgan fingerprint density at radius 3 is 2.17 bits per heavy atom. The minimum Gasteiger partial charge on any atom is -0.493 e. The molecule has 0 bridgehead atoms. The first-order chi connectivity index (χ1) is 20.2. The molecule has 0 aliphatic heterocycles. The van der Waals surface area contributed by atoms with Crippen molar-refractivity contribution in [2.75, 3.05) is 32.9 Å². The van der Waals surface area contributed by atoms with Gasteiger partial charge in [0.15, 0.2) is 6.10 Å². The summed E-state index contributed by atoms with van der Waals surface area (Å²) in [6.45, 7) is 3.79. The lowest BCUT2D eigenvalue weighted by Gasteiger charge is -2.23. The normalized spacial score (nSPS) is 11.5. The molecule has 0 saturated carbocycles. The summed E-state index contributed by atoms with van der Waals surface area (Å²) in [5, 5.41) is 13.2. The van der Waals surface area contributed by atoms with Crippen LogP contribution in [0.1, 0.15) is 30.9 Å². The van der Waals surface area contributed by atoms with E-state index in [2.05, 4.69) is 5.32 Å². The second-order valence-corrected chi connectivity index (χ2v) is 10.3. The number of carboxylic acids is 1. The predicted octanol–water partition coefficient (Wildman–Crippen LogP) is 6.61. The van der Waals surface area contributed by atoms with Crippen LogP contribution in [-0.4, -0.2) is 61.0 Å². The van der Waals surface area contributed by atoms with Gasteiger partial charge in [0.2, 0.25) is 0 Å². The van der Waals surface area contributed by atoms with E-state index in [1.807, 2.05) is 0 Å². The Kier molecular flexibility index (Phi) is 13.7. The van der Waals surface area contributed by atoms with E-state index >= 15 is 0 Å². The average Bonchev–Trinajstić information content (AvgIpc) is 2.95. The molecule has 0 aliphatic carbocycles. The molecule has 42 heavy (non-hydrogen) atoms. The SMILES string of the molecule is CCOC(Cc1ccc(OCCN(CCCCOc2cc(Cl)cc(Cl)c2)C(=O)NCc2ccc(F)cc2)cc1)C(=O)O. The third-order valence-electron chi connectivity index (χ3n) is 6.19. The van der Waals surface area contributed by atoms with Gasteiger partial charge in [0, 0.05) is 36.2 Å². The molecule has 0 spiro atoms. The van der Waals surface area contributed by atoms with Crippen molar-refractivity contribution < 1.29 is 33.3 Å². The van der Waals surface area contributed by atoms with E-state index in [9.17, 15) is 19.1 Å². The standard InChI is InChI=1S/C31H35Cl2FN2O6/c1-2-40-29(30(37)38)17-22-7-11-27(12-8-22)42-16-14-36(31(39)35-21-23-5-9-26(34)10-6-23)13-3-4-15-41-28-19-24(32)18-25(33)20-28/h5-12,18-20,29H,2-4,13-17,21H2,1H3,(H,35,39)(H,37,38).